The number of fused-ring (bicyclic) bond motifs is 1. The topological polar surface area (TPSA) is 41.9 Å². The van der Waals surface area contributed by atoms with Crippen LogP contribution in [-0.4, -0.2) is 22.6 Å². The molecule has 0 radical (unpaired) electrons. The number of rotatable bonds is 4. The van der Waals surface area contributed by atoms with Crippen LogP contribution in [0.3, 0.4) is 0 Å². The fraction of sp³-hybridized carbons (Fsp3) is 0.368. The first-order valence-electron chi connectivity index (χ1n) is 8.21. The average molecular weight is 342 g/mol. The van der Waals surface area contributed by atoms with Crippen LogP contribution in [-0.2, 0) is 9.53 Å². The van der Waals surface area contributed by atoms with Gasteiger partial charge in [-0.1, -0.05) is 49.9 Å². The van der Waals surface area contributed by atoms with Crippen molar-refractivity contribution in [2.45, 2.75) is 39.7 Å². The van der Waals surface area contributed by atoms with Crippen LogP contribution in [0, 0.1) is 0 Å². The van der Waals surface area contributed by atoms with Gasteiger partial charge in [-0.2, -0.15) is 0 Å². The van der Waals surface area contributed by atoms with Crippen molar-refractivity contribution in [2.75, 3.05) is 6.61 Å². The third kappa shape index (κ3) is 3.00. The van der Waals surface area contributed by atoms with Gasteiger partial charge in [0, 0.05) is 6.20 Å². The summed E-state index contributed by atoms with van der Waals surface area (Å²) >= 11 is 1.57. The highest BCUT2D eigenvalue weighted by atomic mass is 32.2. The lowest BCUT2D eigenvalue weighted by atomic mass is 9.92. The molecule has 0 unspecified atom stereocenters. The molecule has 0 aromatic heterocycles. The lowest BCUT2D eigenvalue weighted by Gasteiger charge is -2.33. The van der Waals surface area contributed by atoms with Crippen LogP contribution < -0.4 is 0 Å². The van der Waals surface area contributed by atoms with E-state index in [1.807, 2.05) is 30.4 Å². The van der Waals surface area contributed by atoms with Gasteiger partial charge in [0.05, 0.1) is 23.9 Å². The second-order valence-electron chi connectivity index (χ2n) is 6.15. The first-order valence-corrected chi connectivity index (χ1v) is 9.09. The smallest absolute Gasteiger partial charge is 0.338 e. The van der Waals surface area contributed by atoms with Crippen molar-refractivity contribution in [1.29, 1.82) is 0 Å². The van der Waals surface area contributed by atoms with Gasteiger partial charge in [0.2, 0.25) is 0 Å². The first-order chi connectivity index (χ1) is 11.5. The number of hydrogen-bond donors (Lipinski definition) is 0. The maximum Gasteiger partial charge on any atom is 0.338 e. The van der Waals surface area contributed by atoms with Gasteiger partial charge in [-0.25, -0.2) is 9.79 Å². The van der Waals surface area contributed by atoms with Gasteiger partial charge in [-0.05, 0) is 36.3 Å². The lowest BCUT2D eigenvalue weighted by Crippen LogP contribution is -2.34. The number of hydrogen-bond acceptors (Lipinski definition) is 5. The van der Waals surface area contributed by atoms with Crippen LogP contribution in [0.2, 0.25) is 0 Å². The van der Waals surface area contributed by atoms with E-state index in [-0.39, 0.29) is 12.0 Å². The van der Waals surface area contributed by atoms with Crippen molar-refractivity contribution in [2.24, 2.45) is 4.99 Å². The second kappa shape index (κ2) is 6.85. The first kappa shape index (κ1) is 16.8. The number of ether oxygens (including phenoxy) is 1. The summed E-state index contributed by atoms with van der Waals surface area (Å²) < 4.78 is 5.29. The van der Waals surface area contributed by atoms with Gasteiger partial charge >= 0.3 is 5.97 Å². The molecule has 1 aromatic rings. The van der Waals surface area contributed by atoms with Crippen LogP contribution in [0.5, 0.6) is 0 Å². The molecule has 5 heteroatoms. The summed E-state index contributed by atoms with van der Waals surface area (Å²) in [4.78, 5) is 19.2. The molecule has 0 saturated carbocycles. The average Bonchev–Trinajstić information content (AvgIpc) is 3.01. The molecule has 0 bridgehead atoms. The predicted octanol–water partition coefficient (Wildman–Crippen LogP) is 4.58. The molecule has 4 nitrogen and oxygen atoms in total. The summed E-state index contributed by atoms with van der Waals surface area (Å²) in [6.07, 6.45) is 1.98. The minimum absolute atomic E-state index is 0.191. The summed E-state index contributed by atoms with van der Waals surface area (Å²) in [5, 5.41) is 2.90. The normalized spacial score (nSPS) is 19.6. The highest BCUT2D eigenvalue weighted by Crippen LogP contribution is 2.41. The molecule has 2 aliphatic heterocycles. The van der Waals surface area contributed by atoms with Gasteiger partial charge in [0.25, 0.3) is 0 Å². The monoisotopic (exact) mass is 342 g/mol. The van der Waals surface area contributed by atoms with Gasteiger partial charge in [-0.15, -0.1) is 0 Å². The van der Waals surface area contributed by atoms with E-state index in [2.05, 4.69) is 43.1 Å². The van der Waals surface area contributed by atoms with Gasteiger partial charge in [0.15, 0.2) is 5.17 Å². The molecule has 0 aliphatic carbocycles. The number of esters is 1. The fourth-order valence-electron chi connectivity index (χ4n) is 2.96. The minimum atomic E-state index is -0.291. The predicted molar refractivity (Wildman–Crippen MR) is 98.6 cm³/mol. The Morgan fingerprint density at radius 3 is 2.67 bits per heavy atom. The molecule has 0 spiro atoms. The third-order valence-corrected chi connectivity index (χ3v) is 5.01. The molecule has 2 aliphatic rings. The standard InChI is InChI=1S/C19H22N2O2S/c1-5-23-18(22)16-13(4)20-19-21(10-11-24-19)17(16)15-8-6-14(7-9-15)12(2)3/h6-12,17H,5H2,1-4H3/t17-/m1/s1. The fourth-order valence-corrected chi connectivity index (χ4v) is 3.75. The Kier molecular flexibility index (Phi) is 4.81. The zero-order valence-electron chi connectivity index (χ0n) is 14.4. The summed E-state index contributed by atoms with van der Waals surface area (Å²) in [6, 6.07) is 8.29. The number of allylic oxidation sites excluding steroid dienone is 1. The third-order valence-electron chi connectivity index (χ3n) is 4.23. The second-order valence-corrected chi connectivity index (χ2v) is 7.02. The van der Waals surface area contributed by atoms with E-state index in [1.54, 1.807) is 11.8 Å². The van der Waals surface area contributed by atoms with Crippen LogP contribution in [0.1, 0.15) is 50.8 Å². The molecule has 126 valence electrons. The van der Waals surface area contributed by atoms with Gasteiger partial charge in [-0.3, -0.25) is 0 Å². The maximum atomic E-state index is 12.5. The van der Waals surface area contributed by atoms with Crippen molar-refractivity contribution in [3.05, 3.63) is 58.3 Å². The summed E-state index contributed by atoms with van der Waals surface area (Å²) in [7, 11) is 0. The zero-order chi connectivity index (χ0) is 17.3. The van der Waals surface area contributed by atoms with E-state index in [0.717, 1.165) is 16.4 Å². The van der Waals surface area contributed by atoms with Crippen molar-refractivity contribution in [1.82, 2.24) is 4.90 Å². The molecule has 0 N–H and O–H groups in total. The molecule has 1 aromatic carbocycles. The van der Waals surface area contributed by atoms with Crippen LogP contribution in [0.25, 0.3) is 0 Å². The maximum absolute atomic E-state index is 12.5. The van der Waals surface area contributed by atoms with Crippen molar-refractivity contribution in [3.63, 3.8) is 0 Å². The molecule has 2 heterocycles. The van der Waals surface area contributed by atoms with E-state index in [1.165, 1.54) is 5.56 Å². The molecule has 0 amide bonds. The Labute approximate surface area is 147 Å². The summed E-state index contributed by atoms with van der Waals surface area (Å²) in [6.45, 7) is 8.41. The number of nitrogens with zero attached hydrogens (tertiary/aromatic N) is 2. The van der Waals surface area contributed by atoms with E-state index >= 15 is 0 Å². The number of thioether (sulfide) groups is 1. The summed E-state index contributed by atoms with van der Waals surface area (Å²) in [5.74, 6) is 0.188. The van der Waals surface area contributed by atoms with Gasteiger partial charge in [0.1, 0.15) is 0 Å². The Bertz CT molecular complexity index is 732. The highest BCUT2D eigenvalue weighted by molar-refractivity contribution is 8.16. The molecule has 0 fully saturated rings. The Morgan fingerprint density at radius 2 is 2.04 bits per heavy atom. The Hall–Kier alpha value is -2.01. The largest absolute Gasteiger partial charge is 0.463 e. The molecule has 0 saturated heterocycles. The number of benzene rings is 1. The van der Waals surface area contributed by atoms with E-state index < -0.39 is 0 Å². The molecule has 3 rings (SSSR count). The van der Waals surface area contributed by atoms with Crippen LogP contribution >= 0.6 is 11.8 Å². The van der Waals surface area contributed by atoms with Crippen LogP contribution in [0.4, 0.5) is 0 Å². The molecular formula is C19H22N2O2S. The Morgan fingerprint density at radius 1 is 1.33 bits per heavy atom. The van der Waals surface area contributed by atoms with Crippen molar-refractivity contribution < 1.29 is 9.53 Å². The molecule has 1 atom stereocenters. The number of amidine groups is 1. The van der Waals surface area contributed by atoms with Crippen molar-refractivity contribution in [3.8, 4) is 0 Å². The summed E-state index contributed by atoms with van der Waals surface area (Å²) in [5.41, 5.74) is 3.70. The van der Waals surface area contributed by atoms with E-state index in [0.29, 0.717) is 18.1 Å². The number of carbonyl (C=O) groups excluding carboxylic acids is 1. The quantitative estimate of drug-likeness (QED) is 0.751. The van der Waals surface area contributed by atoms with Crippen LogP contribution in [0.15, 0.2) is 52.1 Å². The number of carbonyl (C=O) groups is 1. The number of aliphatic imine (C=N–C) groups is 1. The van der Waals surface area contributed by atoms with E-state index in [4.69, 9.17) is 4.74 Å². The highest BCUT2D eigenvalue weighted by Gasteiger charge is 2.37. The molecule has 24 heavy (non-hydrogen) atoms. The Balaban J connectivity index is 2.05. The molecular weight excluding hydrogens is 320 g/mol. The van der Waals surface area contributed by atoms with Crippen molar-refractivity contribution >= 4 is 22.9 Å². The lowest BCUT2D eigenvalue weighted by molar-refractivity contribution is -0.139. The minimum Gasteiger partial charge on any atom is -0.463 e. The van der Waals surface area contributed by atoms with E-state index in [9.17, 15) is 4.79 Å². The van der Waals surface area contributed by atoms with Gasteiger partial charge < -0.3 is 9.64 Å². The zero-order valence-corrected chi connectivity index (χ0v) is 15.3. The SMILES string of the molecule is CCOC(=O)C1=C(C)N=C2SC=CN2[C@@H]1c1ccc(C(C)C)cc1.